The lowest BCUT2D eigenvalue weighted by Gasteiger charge is -2.36. The summed E-state index contributed by atoms with van der Waals surface area (Å²) in [6.07, 6.45) is 2.52. The summed E-state index contributed by atoms with van der Waals surface area (Å²) in [5.74, 6) is 0. The molecule has 0 aromatic rings. The van der Waals surface area contributed by atoms with Gasteiger partial charge in [-0.1, -0.05) is 27.7 Å². The average molecular weight is 287 g/mol. The first-order chi connectivity index (χ1) is 8.67. The normalized spacial score (nSPS) is 24.2. The molecule has 2 atom stereocenters. The number of cyclic esters (lactones) is 1. The predicted molar refractivity (Wildman–Crippen MR) is 79.9 cm³/mol. The molecule has 1 heterocycles. The van der Waals surface area contributed by atoms with Crippen molar-refractivity contribution in [3.63, 3.8) is 0 Å². The van der Waals surface area contributed by atoms with Crippen LogP contribution in [0.5, 0.6) is 0 Å². The number of rotatable bonds is 6. The Morgan fingerprint density at radius 1 is 1.37 bits per heavy atom. The maximum atomic E-state index is 11.2. The first kappa shape index (κ1) is 16.5. The lowest BCUT2D eigenvalue weighted by molar-refractivity contribution is 0.126. The smallest absolute Gasteiger partial charge is 0.407 e. The van der Waals surface area contributed by atoms with Crippen molar-refractivity contribution in [2.24, 2.45) is 0 Å². The molecule has 1 saturated heterocycles. The SMILES string of the molecule is CC[C@@H]1OC(=O)N[C@H]1CCCO[Si](C)(C)C(C)(C)C. The molecule has 0 saturated carbocycles. The lowest BCUT2D eigenvalue weighted by atomic mass is 10.0. The van der Waals surface area contributed by atoms with Crippen LogP contribution in [0.25, 0.3) is 0 Å². The number of hydrogen-bond donors (Lipinski definition) is 1. The number of carbonyl (C=O) groups is 1. The van der Waals surface area contributed by atoms with Crippen molar-refractivity contribution in [3.8, 4) is 0 Å². The van der Waals surface area contributed by atoms with E-state index >= 15 is 0 Å². The molecule has 0 aromatic heterocycles. The number of alkyl carbamates (subject to hydrolysis) is 1. The number of ether oxygens (including phenoxy) is 1. The number of nitrogens with one attached hydrogen (secondary N) is 1. The molecule has 1 N–H and O–H groups in total. The monoisotopic (exact) mass is 287 g/mol. The highest BCUT2D eigenvalue weighted by Gasteiger charge is 2.37. The topological polar surface area (TPSA) is 47.6 Å². The van der Waals surface area contributed by atoms with Crippen LogP contribution in [0.2, 0.25) is 18.1 Å². The number of amides is 1. The largest absolute Gasteiger partial charge is 0.444 e. The summed E-state index contributed by atoms with van der Waals surface area (Å²) in [4.78, 5) is 11.2. The minimum absolute atomic E-state index is 0.0281. The molecule has 19 heavy (non-hydrogen) atoms. The van der Waals surface area contributed by atoms with E-state index in [1.165, 1.54) is 0 Å². The van der Waals surface area contributed by atoms with Gasteiger partial charge in [0.25, 0.3) is 0 Å². The van der Waals surface area contributed by atoms with E-state index in [0.29, 0.717) is 0 Å². The van der Waals surface area contributed by atoms with Gasteiger partial charge in [0.1, 0.15) is 6.10 Å². The van der Waals surface area contributed by atoms with Gasteiger partial charge in [0, 0.05) is 6.61 Å². The van der Waals surface area contributed by atoms with Crippen LogP contribution in [0.3, 0.4) is 0 Å². The third-order valence-electron chi connectivity index (χ3n) is 4.34. The van der Waals surface area contributed by atoms with Gasteiger partial charge in [0.05, 0.1) is 6.04 Å². The minimum atomic E-state index is -1.64. The van der Waals surface area contributed by atoms with E-state index in [0.717, 1.165) is 25.9 Å². The maximum Gasteiger partial charge on any atom is 0.407 e. The second kappa shape index (κ2) is 6.26. The third-order valence-corrected chi connectivity index (χ3v) is 8.88. The van der Waals surface area contributed by atoms with Crippen LogP contribution in [0.1, 0.15) is 47.0 Å². The highest BCUT2D eigenvalue weighted by molar-refractivity contribution is 6.74. The van der Waals surface area contributed by atoms with Crippen LogP contribution in [0, 0.1) is 0 Å². The van der Waals surface area contributed by atoms with Crippen molar-refractivity contribution in [3.05, 3.63) is 0 Å². The van der Waals surface area contributed by atoms with Gasteiger partial charge >= 0.3 is 6.09 Å². The second-order valence-corrected chi connectivity index (χ2v) is 11.7. The summed E-state index contributed by atoms with van der Waals surface area (Å²) in [7, 11) is -1.64. The van der Waals surface area contributed by atoms with Crippen LogP contribution >= 0.6 is 0 Å². The quantitative estimate of drug-likeness (QED) is 0.599. The van der Waals surface area contributed by atoms with Crippen molar-refractivity contribution < 1.29 is 14.0 Å². The Bertz CT molecular complexity index is 312. The summed E-state index contributed by atoms with van der Waals surface area (Å²) in [6, 6.07) is 0.153. The molecule has 0 bridgehead atoms. The van der Waals surface area contributed by atoms with E-state index < -0.39 is 8.32 Å². The number of hydrogen-bond acceptors (Lipinski definition) is 3. The zero-order chi connectivity index (χ0) is 14.7. The van der Waals surface area contributed by atoms with Crippen molar-refractivity contribution in [1.29, 1.82) is 0 Å². The Morgan fingerprint density at radius 2 is 2.00 bits per heavy atom. The van der Waals surface area contributed by atoms with E-state index in [9.17, 15) is 4.79 Å². The van der Waals surface area contributed by atoms with Crippen LogP contribution in [0.15, 0.2) is 0 Å². The van der Waals surface area contributed by atoms with Crippen molar-refractivity contribution in [1.82, 2.24) is 5.32 Å². The summed E-state index contributed by atoms with van der Waals surface area (Å²) < 4.78 is 11.3. The molecule has 1 amide bonds. The molecule has 1 rings (SSSR count). The van der Waals surface area contributed by atoms with Crippen LogP contribution in [0.4, 0.5) is 4.79 Å². The number of carbonyl (C=O) groups excluding carboxylic acids is 1. The van der Waals surface area contributed by atoms with Crippen molar-refractivity contribution >= 4 is 14.4 Å². The van der Waals surface area contributed by atoms with Crippen LogP contribution in [-0.2, 0) is 9.16 Å². The third kappa shape index (κ3) is 4.49. The van der Waals surface area contributed by atoms with E-state index in [-0.39, 0.29) is 23.3 Å². The highest BCUT2D eigenvalue weighted by Crippen LogP contribution is 2.36. The molecule has 5 heteroatoms. The summed E-state index contributed by atoms with van der Waals surface area (Å²) in [5.41, 5.74) is 0. The minimum Gasteiger partial charge on any atom is -0.444 e. The maximum absolute atomic E-state index is 11.2. The molecule has 0 aromatic carbocycles. The fourth-order valence-electron chi connectivity index (χ4n) is 1.97. The van der Waals surface area contributed by atoms with E-state index in [1.807, 2.05) is 6.92 Å². The Labute approximate surface area is 118 Å². The zero-order valence-corrected chi connectivity index (χ0v) is 14.2. The van der Waals surface area contributed by atoms with Crippen molar-refractivity contribution in [2.45, 2.75) is 77.2 Å². The molecule has 1 fully saturated rings. The first-order valence-corrected chi connectivity index (χ1v) is 10.2. The van der Waals surface area contributed by atoms with E-state index in [4.69, 9.17) is 9.16 Å². The van der Waals surface area contributed by atoms with Gasteiger partial charge in [-0.05, 0) is 37.4 Å². The van der Waals surface area contributed by atoms with Gasteiger partial charge in [-0.25, -0.2) is 4.79 Å². The Balaban J connectivity index is 2.30. The summed E-state index contributed by atoms with van der Waals surface area (Å²) in [6.45, 7) is 14.1. The van der Waals surface area contributed by atoms with Gasteiger partial charge in [0.15, 0.2) is 8.32 Å². The Hall–Kier alpha value is -0.553. The molecule has 0 aliphatic carbocycles. The molecule has 0 unspecified atom stereocenters. The zero-order valence-electron chi connectivity index (χ0n) is 13.2. The standard InChI is InChI=1S/C14H29NO3Si/c1-7-12-11(15-13(16)18-12)9-8-10-17-19(5,6)14(2,3)4/h11-12H,7-10H2,1-6H3,(H,15,16)/t11-,12-/m0/s1. The van der Waals surface area contributed by atoms with Gasteiger partial charge in [-0.15, -0.1) is 0 Å². The highest BCUT2D eigenvalue weighted by atomic mass is 28.4. The first-order valence-electron chi connectivity index (χ1n) is 7.28. The van der Waals surface area contributed by atoms with Gasteiger partial charge in [0.2, 0.25) is 0 Å². The fourth-order valence-corrected chi connectivity index (χ4v) is 3.06. The molecular weight excluding hydrogens is 258 g/mol. The summed E-state index contributed by atoms with van der Waals surface area (Å²) in [5, 5.41) is 3.13. The Kier molecular flexibility index (Phi) is 5.44. The summed E-state index contributed by atoms with van der Waals surface area (Å²) >= 11 is 0. The van der Waals surface area contributed by atoms with Gasteiger partial charge in [-0.2, -0.15) is 0 Å². The fraction of sp³-hybridized carbons (Fsp3) is 0.929. The van der Waals surface area contributed by atoms with Crippen LogP contribution < -0.4 is 5.32 Å². The molecule has 0 spiro atoms. The van der Waals surface area contributed by atoms with Crippen molar-refractivity contribution in [2.75, 3.05) is 6.61 Å². The molecule has 112 valence electrons. The van der Waals surface area contributed by atoms with Gasteiger partial charge in [-0.3, -0.25) is 0 Å². The van der Waals surface area contributed by atoms with Crippen LogP contribution in [-0.4, -0.2) is 33.2 Å². The molecule has 1 aliphatic rings. The van der Waals surface area contributed by atoms with E-state index in [1.54, 1.807) is 0 Å². The van der Waals surface area contributed by atoms with Gasteiger partial charge < -0.3 is 14.5 Å². The Morgan fingerprint density at radius 3 is 2.53 bits per heavy atom. The predicted octanol–water partition coefficient (Wildman–Crippen LogP) is 3.68. The molecular formula is C14H29NO3Si. The molecule has 4 nitrogen and oxygen atoms in total. The molecule has 0 radical (unpaired) electrons. The average Bonchev–Trinajstić information content (AvgIpc) is 2.63. The lowest BCUT2D eigenvalue weighted by Crippen LogP contribution is -2.41. The second-order valence-electron chi connectivity index (χ2n) is 6.85. The molecule has 1 aliphatic heterocycles. The van der Waals surface area contributed by atoms with E-state index in [2.05, 4.69) is 39.2 Å².